The summed E-state index contributed by atoms with van der Waals surface area (Å²) in [6.07, 6.45) is 5.15. The minimum atomic E-state index is 0.647. The average molecular weight is 287 g/mol. The van der Waals surface area contributed by atoms with Crippen molar-refractivity contribution in [2.45, 2.75) is 46.0 Å². The Balaban J connectivity index is 1.97. The van der Waals surface area contributed by atoms with Crippen molar-refractivity contribution in [1.29, 1.82) is 0 Å². The first-order valence-electron chi connectivity index (χ1n) is 7.88. The Labute approximate surface area is 126 Å². The summed E-state index contributed by atoms with van der Waals surface area (Å²) in [5, 5.41) is 4.08. The zero-order chi connectivity index (χ0) is 15.1. The molecular formula is C17H25N3O. The smallest absolute Gasteiger partial charge is 0.226 e. The van der Waals surface area contributed by atoms with Gasteiger partial charge in [0, 0.05) is 12.0 Å². The third-order valence-corrected chi connectivity index (χ3v) is 4.01. The van der Waals surface area contributed by atoms with Crippen molar-refractivity contribution in [2.24, 2.45) is 11.7 Å². The molecule has 0 fully saturated rings. The van der Waals surface area contributed by atoms with Crippen LogP contribution in [0.25, 0.3) is 11.4 Å². The Morgan fingerprint density at radius 3 is 2.52 bits per heavy atom. The fraction of sp³-hybridized carbons (Fsp3) is 0.529. The molecule has 1 aromatic heterocycles. The van der Waals surface area contributed by atoms with E-state index in [-0.39, 0.29) is 0 Å². The van der Waals surface area contributed by atoms with Crippen LogP contribution in [0.5, 0.6) is 0 Å². The van der Waals surface area contributed by atoms with Crippen LogP contribution < -0.4 is 5.73 Å². The summed E-state index contributed by atoms with van der Waals surface area (Å²) >= 11 is 0. The molecule has 4 heteroatoms. The van der Waals surface area contributed by atoms with E-state index in [1.165, 1.54) is 5.56 Å². The highest BCUT2D eigenvalue weighted by molar-refractivity contribution is 5.54. The Morgan fingerprint density at radius 1 is 1.14 bits per heavy atom. The number of hydrogen-bond donors (Lipinski definition) is 1. The van der Waals surface area contributed by atoms with Crippen molar-refractivity contribution < 1.29 is 4.52 Å². The first-order valence-corrected chi connectivity index (χ1v) is 7.88. The maximum absolute atomic E-state index is 5.63. The first-order chi connectivity index (χ1) is 10.3. The van der Waals surface area contributed by atoms with Gasteiger partial charge in [-0.2, -0.15) is 4.98 Å². The van der Waals surface area contributed by atoms with E-state index < -0.39 is 0 Å². The lowest BCUT2D eigenvalue weighted by atomic mass is 9.97. The van der Waals surface area contributed by atoms with Crippen LogP contribution in [0.15, 0.2) is 28.8 Å². The summed E-state index contributed by atoms with van der Waals surface area (Å²) in [4.78, 5) is 4.49. The average Bonchev–Trinajstić information content (AvgIpc) is 3.00. The van der Waals surface area contributed by atoms with Crippen LogP contribution in [0.3, 0.4) is 0 Å². The SMILES string of the molecule is CCc1ccc(-c2noc(CCC(CC)CCN)n2)cc1. The van der Waals surface area contributed by atoms with Gasteiger partial charge in [-0.25, -0.2) is 0 Å². The first kappa shape index (κ1) is 15.7. The molecule has 21 heavy (non-hydrogen) atoms. The van der Waals surface area contributed by atoms with Crippen LogP contribution in [0.2, 0.25) is 0 Å². The van der Waals surface area contributed by atoms with Gasteiger partial charge in [-0.1, -0.05) is 49.7 Å². The molecule has 1 aromatic carbocycles. The Hall–Kier alpha value is -1.68. The highest BCUT2D eigenvalue weighted by Gasteiger charge is 2.11. The summed E-state index contributed by atoms with van der Waals surface area (Å²) < 4.78 is 5.36. The van der Waals surface area contributed by atoms with Gasteiger partial charge in [0.05, 0.1) is 0 Å². The van der Waals surface area contributed by atoms with E-state index in [0.29, 0.717) is 11.7 Å². The van der Waals surface area contributed by atoms with Gasteiger partial charge in [0.1, 0.15) is 0 Å². The van der Waals surface area contributed by atoms with Crippen molar-refractivity contribution in [2.75, 3.05) is 6.54 Å². The van der Waals surface area contributed by atoms with Crippen LogP contribution >= 0.6 is 0 Å². The highest BCUT2D eigenvalue weighted by atomic mass is 16.5. The summed E-state index contributed by atoms with van der Waals surface area (Å²) in [6.45, 7) is 5.10. The number of benzene rings is 1. The third kappa shape index (κ3) is 4.39. The molecule has 4 nitrogen and oxygen atoms in total. The zero-order valence-electron chi connectivity index (χ0n) is 13.0. The van der Waals surface area contributed by atoms with Gasteiger partial charge in [-0.3, -0.25) is 0 Å². The normalized spacial score (nSPS) is 12.5. The number of rotatable bonds is 8. The molecular weight excluding hydrogens is 262 g/mol. The molecule has 0 bridgehead atoms. The molecule has 2 N–H and O–H groups in total. The van der Waals surface area contributed by atoms with E-state index in [9.17, 15) is 0 Å². The van der Waals surface area contributed by atoms with Crippen LogP contribution in [0.1, 0.15) is 44.6 Å². The van der Waals surface area contributed by atoms with E-state index >= 15 is 0 Å². The molecule has 1 unspecified atom stereocenters. The largest absolute Gasteiger partial charge is 0.339 e. The van der Waals surface area contributed by atoms with Gasteiger partial charge < -0.3 is 10.3 Å². The number of aryl methyl sites for hydroxylation is 2. The maximum atomic E-state index is 5.63. The maximum Gasteiger partial charge on any atom is 0.226 e. The van der Waals surface area contributed by atoms with Gasteiger partial charge in [-0.15, -0.1) is 0 Å². The number of aromatic nitrogens is 2. The van der Waals surface area contributed by atoms with E-state index in [1.54, 1.807) is 0 Å². The minimum absolute atomic E-state index is 0.647. The minimum Gasteiger partial charge on any atom is -0.339 e. The molecule has 0 spiro atoms. The molecule has 1 heterocycles. The molecule has 0 saturated carbocycles. The summed E-state index contributed by atoms with van der Waals surface area (Å²) in [5.41, 5.74) is 7.95. The van der Waals surface area contributed by atoms with Gasteiger partial charge in [0.25, 0.3) is 0 Å². The summed E-state index contributed by atoms with van der Waals surface area (Å²) in [6, 6.07) is 8.33. The lowest BCUT2D eigenvalue weighted by Gasteiger charge is -2.11. The fourth-order valence-electron chi connectivity index (χ4n) is 2.48. The molecule has 0 aliphatic carbocycles. The molecule has 0 aliphatic heterocycles. The van der Waals surface area contributed by atoms with Crippen molar-refractivity contribution in [3.8, 4) is 11.4 Å². The van der Waals surface area contributed by atoms with Gasteiger partial charge in [-0.05, 0) is 37.3 Å². The summed E-state index contributed by atoms with van der Waals surface area (Å²) in [5.74, 6) is 2.05. The molecule has 2 aromatic rings. The Bertz CT molecular complexity index is 533. The number of nitrogens with zero attached hydrogens (tertiary/aromatic N) is 2. The third-order valence-electron chi connectivity index (χ3n) is 4.01. The Morgan fingerprint density at radius 2 is 1.90 bits per heavy atom. The van der Waals surface area contributed by atoms with Crippen LogP contribution in [-0.4, -0.2) is 16.7 Å². The molecule has 0 radical (unpaired) electrons. The highest BCUT2D eigenvalue weighted by Crippen LogP contribution is 2.19. The Kier molecular flexibility index (Phi) is 5.93. The van der Waals surface area contributed by atoms with Gasteiger partial charge >= 0.3 is 0 Å². The monoisotopic (exact) mass is 287 g/mol. The zero-order valence-corrected chi connectivity index (χ0v) is 13.0. The second-order valence-corrected chi connectivity index (χ2v) is 5.45. The lowest BCUT2D eigenvalue weighted by Crippen LogP contribution is -2.09. The second-order valence-electron chi connectivity index (χ2n) is 5.45. The molecule has 0 aliphatic rings. The van der Waals surface area contributed by atoms with Crippen molar-refractivity contribution in [1.82, 2.24) is 10.1 Å². The molecule has 114 valence electrons. The topological polar surface area (TPSA) is 64.9 Å². The fourth-order valence-corrected chi connectivity index (χ4v) is 2.48. The molecule has 0 amide bonds. The van der Waals surface area contributed by atoms with Crippen LogP contribution in [0, 0.1) is 5.92 Å². The number of nitrogens with two attached hydrogens (primary N) is 1. The van der Waals surface area contributed by atoms with Crippen molar-refractivity contribution in [3.63, 3.8) is 0 Å². The molecule has 0 saturated heterocycles. The van der Waals surface area contributed by atoms with Gasteiger partial charge in [0.2, 0.25) is 11.7 Å². The van der Waals surface area contributed by atoms with E-state index in [4.69, 9.17) is 10.3 Å². The van der Waals surface area contributed by atoms with E-state index in [1.807, 2.05) is 0 Å². The quantitative estimate of drug-likeness (QED) is 0.805. The second kappa shape index (κ2) is 7.93. The summed E-state index contributed by atoms with van der Waals surface area (Å²) in [7, 11) is 0. The van der Waals surface area contributed by atoms with Crippen LogP contribution in [0.4, 0.5) is 0 Å². The van der Waals surface area contributed by atoms with Crippen molar-refractivity contribution >= 4 is 0 Å². The van der Waals surface area contributed by atoms with Crippen molar-refractivity contribution in [3.05, 3.63) is 35.7 Å². The standard InChI is InChI=1S/C17H25N3O/c1-3-13-5-8-15(9-6-13)17-19-16(21-20-17)10-7-14(4-2)11-12-18/h5-6,8-9,14H,3-4,7,10-12,18H2,1-2H3. The molecule has 2 rings (SSSR count). The van der Waals surface area contributed by atoms with Crippen LogP contribution in [-0.2, 0) is 12.8 Å². The lowest BCUT2D eigenvalue weighted by molar-refractivity contribution is 0.354. The van der Waals surface area contributed by atoms with E-state index in [0.717, 1.165) is 50.1 Å². The number of hydrogen-bond acceptors (Lipinski definition) is 4. The predicted octanol–water partition coefficient (Wildman–Crippen LogP) is 3.61. The van der Waals surface area contributed by atoms with E-state index in [2.05, 4.69) is 48.3 Å². The molecule has 1 atom stereocenters. The predicted molar refractivity (Wildman–Crippen MR) is 84.9 cm³/mol. The van der Waals surface area contributed by atoms with Gasteiger partial charge in [0.15, 0.2) is 0 Å².